The topological polar surface area (TPSA) is 53.1 Å². The number of nitrogens with zero attached hydrogens (tertiary/aromatic N) is 2. The van der Waals surface area contributed by atoms with Crippen molar-refractivity contribution in [1.29, 1.82) is 0 Å². The number of aromatic nitrogens is 2. The summed E-state index contributed by atoms with van der Waals surface area (Å²) in [6, 6.07) is 2.50. The maximum absolute atomic E-state index is 6.18. The zero-order valence-electron chi connectivity index (χ0n) is 13.1. The van der Waals surface area contributed by atoms with Crippen LogP contribution in [-0.2, 0) is 11.3 Å². The van der Waals surface area contributed by atoms with Crippen molar-refractivity contribution in [3.05, 3.63) is 18.0 Å². The van der Waals surface area contributed by atoms with Gasteiger partial charge in [0.05, 0.1) is 17.9 Å². The second-order valence-electron chi connectivity index (χ2n) is 6.40. The molecule has 0 bridgehead atoms. The molecular formula is C16H29N3O. The lowest BCUT2D eigenvalue weighted by molar-refractivity contribution is -0.0811. The third-order valence-electron chi connectivity index (χ3n) is 4.79. The number of ether oxygens (including phenoxy) is 1. The molecule has 0 radical (unpaired) electrons. The van der Waals surface area contributed by atoms with Crippen LogP contribution in [0.4, 0.5) is 0 Å². The van der Waals surface area contributed by atoms with Gasteiger partial charge in [0.25, 0.3) is 0 Å². The summed E-state index contributed by atoms with van der Waals surface area (Å²) in [4.78, 5) is 0. The van der Waals surface area contributed by atoms with Gasteiger partial charge >= 0.3 is 0 Å². The van der Waals surface area contributed by atoms with E-state index in [1.54, 1.807) is 0 Å². The molecule has 0 amide bonds. The largest absolute Gasteiger partial charge is 0.367 e. The van der Waals surface area contributed by atoms with Gasteiger partial charge in [-0.05, 0) is 51.0 Å². The summed E-state index contributed by atoms with van der Waals surface area (Å²) in [7, 11) is 0. The summed E-state index contributed by atoms with van der Waals surface area (Å²) in [5.41, 5.74) is 6.86. The average molecular weight is 279 g/mol. The predicted octanol–water partition coefficient (Wildman–Crippen LogP) is 3.28. The van der Waals surface area contributed by atoms with Gasteiger partial charge in [-0.1, -0.05) is 13.8 Å². The number of hydrogen-bond acceptors (Lipinski definition) is 3. The van der Waals surface area contributed by atoms with Gasteiger partial charge in [0, 0.05) is 18.8 Å². The van der Waals surface area contributed by atoms with E-state index in [2.05, 4.69) is 31.9 Å². The maximum Gasteiger partial charge on any atom is 0.0914 e. The maximum atomic E-state index is 6.18. The standard InChI is InChI=1S/C16H29N3O/c1-4-14(3)19-10-7-15(18-19)11-20-16(12-17)8-5-13(2)6-9-16/h7,10,13-14H,4-6,8-9,11-12,17H2,1-3H3. The lowest BCUT2D eigenvalue weighted by atomic mass is 9.79. The Kier molecular flexibility index (Phi) is 5.22. The molecule has 1 aliphatic rings. The second-order valence-corrected chi connectivity index (χ2v) is 6.40. The third kappa shape index (κ3) is 3.61. The van der Waals surface area contributed by atoms with Crippen molar-refractivity contribution in [3.63, 3.8) is 0 Å². The Morgan fingerprint density at radius 2 is 2.20 bits per heavy atom. The van der Waals surface area contributed by atoms with E-state index < -0.39 is 0 Å². The first-order chi connectivity index (χ1) is 9.58. The molecule has 0 aliphatic heterocycles. The van der Waals surface area contributed by atoms with Crippen LogP contribution in [0.25, 0.3) is 0 Å². The number of hydrogen-bond donors (Lipinski definition) is 1. The Morgan fingerprint density at radius 1 is 1.50 bits per heavy atom. The fraction of sp³-hybridized carbons (Fsp3) is 0.812. The van der Waals surface area contributed by atoms with Crippen molar-refractivity contribution < 1.29 is 4.74 Å². The van der Waals surface area contributed by atoms with E-state index in [0.29, 0.717) is 19.2 Å². The van der Waals surface area contributed by atoms with Gasteiger partial charge in [0.2, 0.25) is 0 Å². The zero-order valence-corrected chi connectivity index (χ0v) is 13.1. The van der Waals surface area contributed by atoms with Crippen LogP contribution < -0.4 is 5.73 Å². The van der Waals surface area contributed by atoms with E-state index in [-0.39, 0.29) is 5.60 Å². The molecule has 1 atom stereocenters. The van der Waals surface area contributed by atoms with Crippen LogP contribution in [0.3, 0.4) is 0 Å². The molecule has 0 spiro atoms. The highest BCUT2D eigenvalue weighted by Gasteiger charge is 2.34. The molecule has 0 aromatic carbocycles. The number of nitrogens with two attached hydrogens (primary N) is 1. The van der Waals surface area contributed by atoms with E-state index in [0.717, 1.165) is 30.9 Å². The molecule has 4 nitrogen and oxygen atoms in total. The lowest BCUT2D eigenvalue weighted by Gasteiger charge is -2.38. The van der Waals surface area contributed by atoms with Crippen molar-refractivity contribution in [1.82, 2.24) is 9.78 Å². The smallest absolute Gasteiger partial charge is 0.0914 e. The van der Waals surface area contributed by atoms with Gasteiger partial charge in [-0.25, -0.2) is 0 Å². The van der Waals surface area contributed by atoms with Crippen LogP contribution in [0.2, 0.25) is 0 Å². The molecule has 0 saturated heterocycles. The van der Waals surface area contributed by atoms with E-state index in [4.69, 9.17) is 10.5 Å². The van der Waals surface area contributed by atoms with Crippen molar-refractivity contribution >= 4 is 0 Å². The van der Waals surface area contributed by atoms with E-state index in [1.807, 2.05) is 10.9 Å². The van der Waals surface area contributed by atoms with Crippen LogP contribution in [-0.4, -0.2) is 21.9 Å². The zero-order chi connectivity index (χ0) is 14.6. The SMILES string of the molecule is CCC(C)n1ccc(COC2(CN)CCC(C)CC2)n1. The first kappa shape index (κ1) is 15.5. The molecule has 20 heavy (non-hydrogen) atoms. The molecule has 114 valence electrons. The van der Waals surface area contributed by atoms with Gasteiger partial charge in [-0.2, -0.15) is 5.10 Å². The molecule has 2 rings (SSSR count). The fourth-order valence-electron chi connectivity index (χ4n) is 2.81. The van der Waals surface area contributed by atoms with E-state index >= 15 is 0 Å². The van der Waals surface area contributed by atoms with Crippen LogP contribution >= 0.6 is 0 Å². The summed E-state index contributed by atoms with van der Waals surface area (Å²) in [5, 5.41) is 4.60. The molecular weight excluding hydrogens is 250 g/mol. The van der Waals surface area contributed by atoms with E-state index in [1.165, 1.54) is 12.8 Å². The van der Waals surface area contributed by atoms with E-state index in [9.17, 15) is 0 Å². The summed E-state index contributed by atoms with van der Waals surface area (Å²) < 4.78 is 8.20. The van der Waals surface area contributed by atoms with Crippen LogP contribution in [0.1, 0.15) is 64.6 Å². The fourth-order valence-corrected chi connectivity index (χ4v) is 2.81. The quantitative estimate of drug-likeness (QED) is 0.869. The highest BCUT2D eigenvalue weighted by molar-refractivity contribution is 4.99. The van der Waals surface area contributed by atoms with Crippen molar-refractivity contribution in [2.45, 2.75) is 71.1 Å². The van der Waals surface area contributed by atoms with Crippen molar-refractivity contribution in [3.8, 4) is 0 Å². The van der Waals surface area contributed by atoms with Gasteiger partial charge in [-0.3, -0.25) is 4.68 Å². The van der Waals surface area contributed by atoms with Crippen LogP contribution in [0.5, 0.6) is 0 Å². The molecule has 1 aromatic rings. The van der Waals surface area contributed by atoms with Gasteiger partial charge in [0.15, 0.2) is 0 Å². The summed E-state index contributed by atoms with van der Waals surface area (Å²) >= 11 is 0. The molecule has 1 aliphatic carbocycles. The minimum absolute atomic E-state index is 0.118. The average Bonchev–Trinajstić information content (AvgIpc) is 2.95. The van der Waals surface area contributed by atoms with Crippen molar-refractivity contribution in [2.75, 3.05) is 6.54 Å². The minimum Gasteiger partial charge on any atom is -0.367 e. The van der Waals surface area contributed by atoms with Gasteiger partial charge in [-0.15, -0.1) is 0 Å². The second kappa shape index (κ2) is 6.72. The third-order valence-corrected chi connectivity index (χ3v) is 4.79. The predicted molar refractivity (Wildman–Crippen MR) is 81.4 cm³/mol. The molecule has 1 fully saturated rings. The molecule has 1 saturated carbocycles. The molecule has 1 aromatic heterocycles. The van der Waals surface area contributed by atoms with Gasteiger partial charge < -0.3 is 10.5 Å². The monoisotopic (exact) mass is 279 g/mol. The number of rotatable bonds is 6. The first-order valence-corrected chi connectivity index (χ1v) is 7.96. The highest BCUT2D eigenvalue weighted by atomic mass is 16.5. The first-order valence-electron chi connectivity index (χ1n) is 7.96. The van der Waals surface area contributed by atoms with Crippen molar-refractivity contribution in [2.24, 2.45) is 11.7 Å². The minimum atomic E-state index is -0.118. The molecule has 2 N–H and O–H groups in total. The van der Waals surface area contributed by atoms with Gasteiger partial charge in [0.1, 0.15) is 0 Å². The Balaban J connectivity index is 1.91. The highest BCUT2D eigenvalue weighted by Crippen LogP contribution is 2.34. The Labute approximate surface area is 122 Å². The van der Waals surface area contributed by atoms with Crippen LogP contribution in [0, 0.1) is 5.92 Å². The Bertz CT molecular complexity index is 408. The summed E-state index contributed by atoms with van der Waals surface area (Å²) in [5.74, 6) is 0.808. The van der Waals surface area contributed by atoms with Crippen LogP contribution in [0.15, 0.2) is 12.3 Å². The normalized spacial score (nSPS) is 28.5. The Hall–Kier alpha value is -0.870. The lowest BCUT2D eigenvalue weighted by Crippen LogP contribution is -2.43. The summed E-state index contributed by atoms with van der Waals surface area (Å²) in [6.07, 6.45) is 7.74. The Morgan fingerprint density at radius 3 is 2.80 bits per heavy atom. The molecule has 1 unspecified atom stereocenters. The molecule has 4 heteroatoms. The summed E-state index contributed by atoms with van der Waals surface area (Å²) in [6.45, 7) is 7.87. The molecule has 1 heterocycles.